The summed E-state index contributed by atoms with van der Waals surface area (Å²) in [6, 6.07) is 3.60. The number of amides is 2. The first-order chi connectivity index (χ1) is 11.7. The summed E-state index contributed by atoms with van der Waals surface area (Å²) in [6.45, 7) is 1.97. The maximum atomic E-state index is 12.7. The van der Waals surface area contributed by atoms with Crippen LogP contribution in [0.3, 0.4) is 0 Å². The van der Waals surface area contributed by atoms with Crippen LogP contribution in [0.4, 0.5) is 0 Å². The van der Waals surface area contributed by atoms with Gasteiger partial charge in [0.15, 0.2) is 10.8 Å². The first-order valence-electron chi connectivity index (χ1n) is 7.96. The average molecular weight is 348 g/mol. The highest BCUT2D eigenvalue weighted by molar-refractivity contribution is 7.16. The topological polar surface area (TPSA) is 101 Å². The lowest BCUT2D eigenvalue weighted by molar-refractivity contribution is -0.126. The van der Waals surface area contributed by atoms with Crippen molar-refractivity contribution in [1.82, 2.24) is 15.2 Å². The summed E-state index contributed by atoms with van der Waals surface area (Å²) in [4.78, 5) is 31.3. The maximum Gasteiger partial charge on any atom is 0.265 e. The van der Waals surface area contributed by atoms with E-state index < -0.39 is 0 Å². The van der Waals surface area contributed by atoms with E-state index in [-0.39, 0.29) is 17.7 Å². The largest absolute Gasteiger partial charge is 0.462 e. The fourth-order valence-corrected chi connectivity index (χ4v) is 3.61. The molecule has 3 N–H and O–H groups in total. The number of thiazole rings is 1. The van der Waals surface area contributed by atoms with Gasteiger partial charge in [-0.05, 0) is 25.0 Å². The second-order valence-corrected chi connectivity index (χ2v) is 6.71. The Morgan fingerprint density at radius 2 is 2.38 bits per heavy atom. The Morgan fingerprint density at radius 3 is 3.12 bits per heavy atom. The molecule has 8 heteroatoms. The van der Waals surface area contributed by atoms with Gasteiger partial charge in [0.1, 0.15) is 4.88 Å². The summed E-state index contributed by atoms with van der Waals surface area (Å²) in [5, 5.41) is 3.48. The number of carbonyl (C=O) groups excluding carboxylic acids is 2. The van der Waals surface area contributed by atoms with Crippen LogP contribution in [0.25, 0.3) is 10.8 Å². The standard InChI is InChI=1S/C16H20N4O3S/c17-5-6-18-14(21)11-3-1-7-20(10-11)16(22)13-9-19-15(24-13)12-4-2-8-23-12/h2,4,8-9,11H,1,3,5-7,10,17H2,(H,18,21). The lowest BCUT2D eigenvalue weighted by Crippen LogP contribution is -2.46. The van der Waals surface area contributed by atoms with Crippen LogP contribution < -0.4 is 11.1 Å². The molecule has 1 aliphatic heterocycles. The Balaban J connectivity index is 1.65. The van der Waals surface area contributed by atoms with E-state index in [9.17, 15) is 9.59 Å². The predicted octanol–water partition coefficient (Wildman–Crippen LogP) is 1.33. The third-order valence-electron chi connectivity index (χ3n) is 3.97. The van der Waals surface area contributed by atoms with Crippen LogP contribution in [0.5, 0.6) is 0 Å². The van der Waals surface area contributed by atoms with Gasteiger partial charge in [0.05, 0.1) is 18.4 Å². The van der Waals surface area contributed by atoms with E-state index >= 15 is 0 Å². The van der Waals surface area contributed by atoms with Crippen molar-refractivity contribution in [2.45, 2.75) is 12.8 Å². The van der Waals surface area contributed by atoms with E-state index in [1.54, 1.807) is 23.4 Å². The summed E-state index contributed by atoms with van der Waals surface area (Å²) >= 11 is 1.30. The molecular weight excluding hydrogens is 328 g/mol. The minimum Gasteiger partial charge on any atom is -0.462 e. The van der Waals surface area contributed by atoms with E-state index in [4.69, 9.17) is 10.2 Å². The summed E-state index contributed by atoms with van der Waals surface area (Å²) in [6.07, 6.45) is 4.76. The summed E-state index contributed by atoms with van der Waals surface area (Å²) in [5.74, 6) is 0.364. The molecule has 0 radical (unpaired) electrons. The molecule has 0 aliphatic carbocycles. The average Bonchev–Trinajstić information content (AvgIpc) is 3.30. The quantitative estimate of drug-likeness (QED) is 0.849. The number of nitrogens with zero attached hydrogens (tertiary/aromatic N) is 2. The van der Waals surface area contributed by atoms with Crippen LogP contribution in [0, 0.1) is 5.92 Å². The van der Waals surface area contributed by atoms with Crippen molar-refractivity contribution in [3.63, 3.8) is 0 Å². The second-order valence-electron chi connectivity index (χ2n) is 5.68. The van der Waals surface area contributed by atoms with Gasteiger partial charge >= 0.3 is 0 Å². The number of nitrogens with one attached hydrogen (secondary N) is 1. The van der Waals surface area contributed by atoms with Crippen molar-refractivity contribution in [2.75, 3.05) is 26.2 Å². The molecule has 0 aromatic carbocycles. The molecule has 0 spiro atoms. The number of hydrogen-bond acceptors (Lipinski definition) is 6. The first kappa shape index (κ1) is 16.7. The van der Waals surface area contributed by atoms with Crippen molar-refractivity contribution in [1.29, 1.82) is 0 Å². The monoisotopic (exact) mass is 348 g/mol. The van der Waals surface area contributed by atoms with Gasteiger partial charge in [-0.1, -0.05) is 0 Å². The Morgan fingerprint density at radius 1 is 1.50 bits per heavy atom. The van der Waals surface area contributed by atoms with Crippen LogP contribution in [-0.4, -0.2) is 47.9 Å². The molecule has 128 valence electrons. The SMILES string of the molecule is NCCNC(=O)C1CCCN(C(=O)c2cnc(-c3ccco3)s2)C1. The van der Waals surface area contributed by atoms with Crippen molar-refractivity contribution in [3.05, 3.63) is 29.5 Å². The molecule has 1 atom stereocenters. The molecule has 2 aromatic heterocycles. The summed E-state index contributed by atoms with van der Waals surface area (Å²) < 4.78 is 5.30. The molecule has 1 aliphatic rings. The Kier molecular flexibility index (Phi) is 5.27. The maximum absolute atomic E-state index is 12.7. The zero-order valence-corrected chi connectivity index (χ0v) is 14.1. The molecule has 7 nitrogen and oxygen atoms in total. The lowest BCUT2D eigenvalue weighted by Gasteiger charge is -2.31. The third kappa shape index (κ3) is 3.65. The highest BCUT2D eigenvalue weighted by atomic mass is 32.1. The van der Waals surface area contributed by atoms with Crippen molar-refractivity contribution in [2.24, 2.45) is 11.7 Å². The molecule has 2 aromatic rings. The van der Waals surface area contributed by atoms with Gasteiger partial charge in [0.2, 0.25) is 5.91 Å². The molecule has 0 bridgehead atoms. The molecule has 24 heavy (non-hydrogen) atoms. The lowest BCUT2D eigenvalue weighted by atomic mass is 9.97. The van der Waals surface area contributed by atoms with E-state index in [0.717, 1.165) is 12.8 Å². The summed E-state index contributed by atoms with van der Waals surface area (Å²) in [5.41, 5.74) is 5.41. The predicted molar refractivity (Wildman–Crippen MR) is 90.5 cm³/mol. The number of rotatable bonds is 5. The van der Waals surface area contributed by atoms with E-state index in [1.807, 2.05) is 6.07 Å². The molecule has 2 amide bonds. The second kappa shape index (κ2) is 7.59. The van der Waals surface area contributed by atoms with Crippen LogP contribution in [0.1, 0.15) is 22.5 Å². The fourth-order valence-electron chi connectivity index (χ4n) is 2.76. The number of piperidine rings is 1. The van der Waals surface area contributed by atoms with Crippen LogP contribution in [0.15, 0.2) is 29.0 Å². The number of carbonyl (C=O) groups is 2. The van der Waals surface area contributed by atoms with Gasteiger partial charge in [-0.15, -0.1) is 11.3 Å². The Labute approximate surface area is 143 Å². The smallest absolute Gasteiger partial charge is 0.265 e. The van der Waals surface area contributed by atoms with Crippen LogP contribution in [0.2, 0.25) is 0 Å². The number of furan rings is 1. The number of hydrogen-bond donors (Lipinski definition) is 2. The van der Waals surface area contributed by atoms with E-state index in [0.29, 0.717) is 41.8 Å². The Bertz CT molecular complexity index is 698. The first-order valence-corrected chi connectivity index (χ1v) is 8.77. The van der Waals surface area contributed by atoms with Crippen molar-refractivity contribution < 1.29 is 14.0 Å². The zero-order chi connectivity index (χ0) is 16.9. The number of nitrogens with two attached hydrogens (primary N) is 1. The molecule has 1 saturated heterocycles. The normalized spacial score (nSPS) is 17.7. The molecule has 3 heterocycles. The van der Waals surface area contributed by atoms with Crippen LogP contribution >= 0.6 is 11.3 Å². The molecule has 3 rings (SSSR count). The third-order valence-corrected chi connectivity index (χ3v) is 4.97. The Hall–Kier alpha value is -2.19. The molecule has 1 unspecified atom stereocenters. The van der Waals surface area contributed by atoms with Gasteiger partial charge < -0.3 is 20.4 Å². The molecular formula is C16H20N4O3S. The van der Waals surface area contributed by atoms with Crippen molar-refractivity contribution in [3.8, 4) is 10.8 Å². The van der Waals surface area contributed by atoms with Gasteiger partial charge in [0.25, 0.3) is 5.91 Å². The van der Waals surface area contributed by atoms with Crippen molar-refractivity contribution >= 4 is 23.2 Å². The van der Waals surface area contributed by atoms with E-state index in [1.165, 1.54) is 11.3 Å². The van der Waals surface area contributed by atoms with Gasteiger partial charge in [0, 0.05) is 26.2 Å². The van der Waals surface area contributed by atoms with Gasteiger partial charge in [-0.25, -0.2) is 4.98 Å². The molecule has 0 saturated carbocycles. The minimum absolute atomic E-state index is 0.0291. The molecule has 1 fully saturated rings. The highest BCUT2D eigenvalue weighted by Gasteiger charge is 2.29. The minimum atomic E-state index is -0.174. The number of aromatic nitrogens is 1. The van der Waals surface area contributed by atoms with Gasteiger partial charge in [-0.2, -0.15) is 0 Å². The van der Waals surface area contributed by atoms with E-state index in [2.05, 4.69) is 10.3 Å². The zero-order valence-electron chi connectivity index (χ0n) is 13.2. The van der Waals surface area contributed by atoms with Gasteiger partial charge in [-0.3, -0.25) is 9.59 Å². The highest BCUT2D eigenvalue weighted by Crippen LogP contribution is 2.27. The number of likely N-dealkylation sites (tertiary alicyclic amines) is 1. The summed E-state index contributed by atoms with van der Waals surface area (Å²) in [7, 11) is 0. The van der Waals surface area contributed by atoms with Crippen LogP contribution in [-0.2, 0) is 4.79 Å². The fraction of sp³-hybridized carbons (Fsp3) is 0.438.